The van der Waals surface area contributed by atoms with Gasteiger partial charge in [-0.2, -0.15) is 0 Å². The van der Waals surface area contributed by atoms with Crippen LogP contribution in [0.3, 0.4) is 0 Å². The van der Waals surface area contributed by atoms with Crippen LogP contribution in [0.5, 0.6) is 11.5 Å². The molecule has 198 valence electrons. The van der Waals surface area contributed by atoms with Gasteiger partial charge in [0.2, 0.25) is 0 Å². The molecule has 3 aromatic carbocycles. The standard InChI is InChI=1S/C30H29O3.BF4/c1-4-31-27-17-16-23(19-30(27)32-5-2)18-22(3)28-20-26(24-12-8-6-9-13-24)21-29(33-28)25-14-10-7-11-15-25;2-1(3,4)5/h6-21H,4-5H2,1-3H3;/q+1;-1. The van der Waals surface area contributed by atoms with Crippen LogP contribution in [0.25, 0.3) is 34.1 Å². The fourth-order valence-electron chi connectivity index (χ4n) is 3.72. The molecule has 4 rings (SSSR count). The number of halogens is 4. The Morgan fingerprint density at radius 1 is 0.711 bits per heavy atom. The fourth-order valence-corrected chi connectivity index (χ4v) is 3.72. The van der Waals surface area contributed by atoms with Gasteiger partial charge in [0.05, 0.1) is 36.5 Å². The lowest BCUT2D eigenvalue weighted by molar-refractivity contribution is 0.287. The van der Waals surface area contributed by atoms with E-state index in [4.69, 9.17) is 13.9 Å². The molecule has 38 heavy (non-hydrogen) atoms. The van der Waals surface area contributed by atoms with Crippen molar-refractivity contribution in [3.05, 3.63) is 102 Å². The largest absolute Gasteiger partial charge is 0.673 e. The van der Waals surface area contributed by atoms with Crippen molar-refractivity contribution in [1.82, 2.24) is 0 Å². The zero-order valence-corrected chi connectivity index (χ0v) is 21.5. The molecule has 0 N–H and O–H groups in total. The number of rotatable bonds is 8. The molecule has 0 atom stereocenters. The summed E-state index contributed by atoms with van der Waals surface area (Å²) < 4.78 is 56.9. The second-order valence-electron chi connectivity index (χ2n) is 8.20. The highest BCUT2D eigenvalue weighted by Crippen LogP contribution is 2.33. The first-order valence-corrected chi connectivity index (χ1v) is 12.2. The van der Waals surface area contributed by atoms with Crippen LogP contribution in [-0.2, 0) is 0 Å². The van der Waals surface area contributed by atoms with E-state index in [2.05, 4.69) is 61.5 Å². The molecule has 1 heterocycles. The third-order valence-electron chi connectivity index (χ3n) is 5.30. The molecule has 0 amide bonds. The summed E-state index contributed by atoms with van der Waals surface area (Å²) in [6.45, 7) is 7.20. The van der Waals surface area contributed by atoms with Crippen LogP contribution in [0.15, 0.2) is 95.4 Å². The van der Waals surface area contributed by atoms with Crippen molar-refractivity contribution in [3.8, 4) is 33.9 Å². The van der Waals surface area contributed by atoms with Crippen LogP contribution in [0, 0.1) is 0 Å². The summed E-state index contributed by atoms with van der Waals surface area (Å²) in [5.41, 5.74) is 5.37. The fraction of sp³-hybridized carbons (Fsp3) is 0.167. The molecule has 4 aromatic rings. The van der Waals surface area contributed by atoms with Crippen LogP contribution in [0.1, 0.15) is 32.1 Å². The molecule has 0 aliphatic rings. The van der Waals surface area contributed by atoms with Gasteiger partial charge in [-0.25, -0.2) is 4.42 Å². The van der Waals surface area contributed by atoms with Crippen molar-refractivity contribution in [3.63, 3.8) is 0 Å². The van der Waals surface area contributed by atoms with E-state index in [0.717, 1.165) is 50.8 Å². The number of allylic oxidation sites excluding steroid dienone is 1. The topological polar surface area (TPSA) is 29.8 Å². The Balaban J connectivity index is 0.000000732. The molecule has 8 heteroatoms. The van der Waals surface area contributed by atoms with Crippen LogP contribution in [0.4, 0.5) is 17.3 Å². The van der Waals surface area contributed by atoms with Crippen molar-refractivity contribution >= 4 is 18.9 Å². The van der Waals surface area contributed by atoms with Gasteiger partial charge in [-0.3, -0.25) is 0 Å². The highest BCUT2D eigenvalue weighted by atomic mass is 19.5. The lowest BCUT2D eigenvalue weighted by Crippen LogP contribution is -2.02. The number of hydrogen-bond donors (Lipinski definition) is 0. The third kappa shape index (κ3) is 8.80. The Labute approximate surface area is 220 Å². The van der Waals surface area contributed by atoms with Crippen molar-refractivity contribution in [2.75, 3.05) is 13.2 Å². The normalized spacial score (nSPS) is 11.4. The number of ether oxygens (including phenoxy) is 2. The molecule has 3 nitrogen and oxygen atoms in total. The lowest BCUT2D eigenvalue weighted by Gasteiger charge is -2.11. The SMILES string of the molecule is CCOc1ccc(C=C(C)c2cc(-c3ccccc3)cc(-c3ccccc3)[o+]2)cc1OCC.F[B-](F)(F)F. The van der Waals surface area contributed by atoms with E-state index in [1.165, 1.54) is 0 Å². The van der Waals surface area contributed by atoms with E-state index in [1.807, 2.05) is 56.3 Å². The average molecular weight is 524 g/mol. The van der Waals surface area contributed by atoms with Gasteiger partial charge >= 0.3 is 18.8 Å². The quantitative estimate of drug-likeness (QED) is 0.131. The first kappa shape index (κ1) is 28.5. The Morgan fingerprint density at radius 2 is 1.26 bits per heavy atom. The van der Waals surface area contributed by atoms with E-state index in [1.54, 1.807) is 0 Å². The highest BCUT2D eigenvalue weighted by Gasteiger charge is 2.21. The molecule has 0 saturated carbocycles. The van der Waals surface area contributed by atoms with Gasteiger partial charge in [0.1, 0.15) is 0 Å². The smallest absolute Gasteiger partial charge is 0.490 e. The minimum atomic E-state index is -6.00. The predicted molar refractivity (Wildman–Crippen MR) is 146 cm³/mol. The van der Waals surface area contributed by atoms with Gasteiger partial charge in [-0.05, 0) is 62.2 Å². The second-order valence-corrected chi connectivity index (χ2v) is 8.20. The van der Waals surface area contributed by atoms with Crippen molar-refractivity contribution < 1.29 is 31.2 Å². The van der Waals surface area contributed by atoms with E-state index >= 15 is 0 Å². The molecule has 0 bridgehead atoms. The van der Waals surface area contributed by atoms with Crippen LogP contribution in [-0.4, -0.2) is 20.5 Å². The van der Waals surface area contributed by atoms with Crippen LogP contribution >= 0.6 is 0 Å². The lowest BCUT2D eigenvalue weighted by atomic mass is 10.0. The van der Waals surface area contributed by atoms with Crippen LogP contribution in [0.2, 0.25) is 0 Å². The summed E-state index contributed by atoms with van der Waals surface area (Å²) in [7, 11) is -6.00. The van der Waals surface area contributed by atoms with Crippen molar-refractivity contribution in [2.45, 2.75) is 20.8 Å². The monoisotopic (exact) mass is 524 g/mol. The highest BCUT2D eigenvalue weighted by molar-refractivity contribution is 6.50. The number of benzene rings is 3. The summed E-state index contributed by atoms with van der Waals surface area (Å²) in [4.78, 5) is 0. The Hall–Kier alpha value is -4.07. The van der Waals surface area contributed by atoms with E-state index in [-0.39, 0.29) is 0 Å². The zero-order valence-electron chi connectivity index (χ0n) is 21.5. The van der Waals surface area contributed by atoms with Gasteiger partial charge in [0.15, 0.2) is 11.5 Å². The molecular weight excluding hydrogens is 495 g/mol. The summed E-state index contributed by atoms with van der Waals surface area (Å²) in [6, 6.07) is 30.8. The molecule has 0 aliphatic carbocycles. The molecule has 0 fully saturated rings. The summed E-state index contributed by atoms with van der Waals surface area (Å²) in [5, 5.41) is 0. The van der Waals surface area contributed by atoms with E-state index < -0.39 is 7.25 Å². The van der Waals surface area contributed by atoms with E-state index in [9.17, 15) is 17.3 Å². The van der Waals surface area contributed by atoms with Crippen LogP contribution < -0.4 is 9.47 Å². The maximum Gasteiger partial charge on any atom is 0.673 e. The molecule has 0 spiro atoms. The second kappa shape index (κ2) is 13.5. The van der Waals surface area contributed by atoms with Crippen molar-refractivity contribution in [1.29, 1.82) is 0 Å². The molecule has 0 aliphatic heterocycles. The molecule has 1 aromatic heterocycles. The Morgan fingerprint density at radius 3 is 1.84 bits per heavy atom. The number of hydrogen-bond acceptors (Lipinski definition) is 2. The van der Waals surface area contributed by atoms with E-state index in [0.29, 0.717) is 13.2 Å². The third-order valence-corrected chi connectivity index (χ3v) is 5.30. The first-order valence-electron chi connectivity index (χ1n) is 12.2. The molecular formula is C30H29BF4O3. The minimum absolute atomic E-state index is 0.584. The maximum atomic E-state index is 9.75. The van der Waals surface area contributed by atoms with Gasteiger partial charge in [-0.15, -0.1) is 0 Å². The predicted octanol–water partition coefficient (Wildman–Crippen LogP) is 9.55. The Bertz CT molecular complexity index is 1280. The van der Waals surface area contributed by atoms with Gasteiger partial charge in [0, 0.05) is 5.56 Å². The maximum absolute atomic E-state index is 9.75. The molecule has 0 saturated heterocycles. The first-order chi connectivity index (χ1) is 18.2. The van der Waals surface area contributed by atoms with Gasteiger partial charge < -0.3 is 26.7 Å². The van der Waals surface area contributed by atoms with Crippen molar-refractivity contribution in [2.24, 2.45) is 0 Å². The van der Waals surface area contributed by atoms with Gasteiger partial charge in [0.25, 0.3) is 0 Å². The average Bonchev–Trinajstić information content (AvgIpc) is 2.90. The minimum Gasteiger partial charge on any atom is -0.490 e. The molecule has 0 unspecified atom stereocenters. The van der Waals surface area contributed by atoms with Gasteiger partial charge in [-0.1, -0.05) is 54.6 Å². The Kier molecular flexibility index (Phi) is 10.1. The molecule has 0 radical (unpaired) electrons. The summed E-state index contributed by atoms with van der Waals surface area (Å²) in [6.07, 6.45) is 2.11. The zero-order chi connectivity index (χ0) is 27.5. The summed E-state index contributed by atoms with van der Waals surface area (Å²) >= 11 is 0. The summed E-state index contributed by atoms with van der Waals surface area (Å²) in [5.74, 6) is 3.17.